The lowest BCUT2D eigenvalue weighted by Crippen LogP contribution is -2.41. The highest BCUT2D eigenvalue weighted by Crippen LogP contribution is 2.26. The van der Waals surface area contributed by atoms with Crippen molar-refractivity contribution in [2.24, 2.45) is 5.92 Å². The van der Waals surface area contributed by atoms with E-state index in [1.165, 1.54) is 36.6 Å². The van der Waals surface area contributed by atoms with Gasteiger partial charge in [0.25, 0.3) is 0 Å². The lowest BCUT2D eigenvalue weighted by molar-refractivity contribution is -0.119. The average molecular weight is 373 g/mol. The van der Waals surface area contributed by atoms with E-state index in [4.69, 9.17) is 0 Å². The average Bonchev–Trinajstić information content (AvgIpc) is 3.05. The molecule has 0 spiro atoms. The SMILES string of the molecule is CCn1c(SCC(=O)NC2CCCCC2C)nnc1-c1cccc(C)c1. The van der Waals surface area contributed by atoms with Crippen molar-refractivity contribution >= 4 is 17.7 Å². The fraction of sp³-hybridized carbons (Fsp3) is 0.550. The minimum Gasteiger partial charge on any atom is -0.352 e. The number of benzene rings is 1. The van der Waals surface area contributed by atoms with Crippen LogP contribution in [0.1, 0.15) is 45.1 Å². The van der Waals surface area contributed by atoms with Crippen LogP contribution in [-0.2, 0) is 11.3 Å². The molecule has 1 saturated carbocycles. The standard InChI is InChI=1S/C20H28N4OS/c1-4-24-19(16-10-7-8-14(2)12-16)22-23-20(24)26-13-18(25)21-17-11-6-5-9-15(17)3/h7-8,10,12,15,17H,4-6,9,11,13H2,1-3H3,(H,21,25). The number of hydrogen-bond donors (Lipinski definition) is 1. The third kappa shape index (κ3) is 4.47. The van der Waals surface area contributed by atoms with Crippen molar-refractivity contribution in [2.75, 3.05) is 5.75 Å². The Kier molecular flexibility index (Phi) is 6.35. The quantitative estimate of drug-likeness (QED) is 0.777. The largest absolute Gasteiger partial charge is 0.352 e. The Labute approximate surface area is 160 Å². The predicted molar refractivity (Wildman–Crippen MR) is 106 cm³/mol. The number of carbonyl (C=O) groups is 1. The number of carbonyl (C=O) groups excluding carboxylic acids is 1. The number of hydrogen-bond acceptors (Lipinski definition) is 4. The number of nitrogens with one attached hydrogen (secondary N) is 1. The minimum absolute atomic E-state index is 0.0940. The molecule has 26 heavy (non-hydrogen) atoms. The molecule has 2 atom stereocenters. The van der Waals surface area contributed by atoms with Crippen LogP contribution in [0, 0.1) is 12.8 Å². The lowest BCUT2D eigenvalue weighted by Gasteiger charge is -2.29. The zero-order chi connectivity index (χ0) is 18.5. The maximum atomic E-state index is 12.4. The van der Waals surface area contributed by atoms with Gasteiger partial charge in [-0.1, -0.05) is 55.3 Å². The van der Waals surface area contributed by atoms with Gasteiger partial charge in [-0.2, -0.15) is 0 Å². The monoisotopic (exact) mass is 372 g/mol. The second-order valence-electron chi connectivity index (χ2n) is 7.14. The summed E-state index contributed by atoms with van der Waals surface area (Å²) in [4.78, 5) is 12.4. The molecule has 1 aliphatic carbocycles. The maximum Gasteiger partial charge on any atom is 0.230 e. The summed E-state index contributed by atoms with van der Waals surface area (Å²) in [5.41, 5.74) is 2.26. The molecular weight excluding hydrogens is 344 g/mol. The van der Waals surface area contributed by atoms with Gasteiger partial charge >= 0.3 is 0 Å². The summed E-state index contributed by atoms with van der Waals surface area (Å²) < 4.78 is 2.08. The van der Waals surface area contributed by atoms with Crippen LogP contribution in [0.2, 0.25) is 0 Å². The second kappa shape index (κ2) is 8.71. The van der Waals surface area contributed by atoms with Crippen LogP contribution in [-0.4, -0.2) is 32.5 Å². The molecule has 1 amide bonds. The number of thioether (sulfide) groups is 1. The molecule has 1 fully saturated rings. The van der Waals surface area contributed by atoms with E-state index in [-0.39, 0.29) is 5.91 Å². The molecule has 2 unspecified atom stereocenters. The molecule has 1 aromatic carbocycles. The van der Waals surface area contributed by atoms with Gasteiger partial charge in [-0.05, 0) is 38.7 Å². The third-order valence-electron chi connectivity index (χ3n) is 5.10. The maximum absolute atomic E-state index is 12.4. The van der Waals surface area contributed by atoms with E-state index in [9.17, 15) is 4.79 Å². The third-order valence-corrected chi connectivity index (χ3v) is 6.07. The highest BCUT2D eigenvalue weighted by atomic mass is 32.2. The van der Waals surface area contributed by atoms with Crippen LogP contribution in [0.25, 0.3) is 11.4 Å². The summed E-state index contributed by atoms with van der Waals surface area (Å²) in [6, 6.07) is 8.59. The van der Waals surface area contributed by atoms with Crippen LogP contribution in [0.15, 0.2) is 29.4 Å². The Morgan fingerprint density at radius 1 is 1.31 bits per heavy atom. The Balaban J connectivity index is 1.64. The van der Waals surface area contributed by atoms with E-state index in [0.29, 0.717) is 17.7 Å². The van der Waals surface area contributed by atoms with E-state index in [1.807, 2.05) is 6.07 Å². The number of amides is 1. The Morgan fingerprint density at radius 3 is 2.85 bits per heavy atom. The van der Waals surface area contributed by atoms with Gasteiger partial charge in [-0.3, -0.25) is 4.79 Å². The molecule has 6 heteroatoms. The Morgan fingerprint density at radius 2 is 2.12 bits per heavy atom. The van der Waals surface area contributed by atoms with E-state index < -0.39 is 0 Å². The Bertz CT molecular complexity index is 758. The molecule has 1 aromatic heterocycles. The van der Waals surface area contributed by atoms with Gasteiger partial charge in [0.05, 0.1) is 5.75 Å². The van der Waals surface area contributed by atoms with Crippen molar-refractivity contribution in [1.29, 1.82) is 0 Å². The highest BCUT2D eigenvalue weighted by Gasteiger charge is 2.23. The Hall–Kier alpha value is -1.82. The molecule has 2 aromatic rings. The molecule has 1 N–H and O–H groups in total. The van der Waals surface area contributed by atoms with E-state index in [2.05, 4.69) is 59.1 Å². The fourth-order valence-electron chi connectivity index (χ4n) is 3.59. The van der Waals surface area contributed by atoms with Crippen molar-refractivity contribution in [1.82, 2.24) is 20.1 Å². The molecule has 140 valence electrons. The molecular formula is C20H28N4OS. The molecule has 1 heterocycles. The summed E-state index contributed by atoms with van der Waals surface area (Å²) in [7, 11) is 0. The summed E-state index contributed by atoms with van der Waals surface area (Å²) in [5.74, 6) is 1.91. The first-order valence-electron chi connectivity index (χ1n) is 9.51. The first kappa shape index (κ1) is 19.0. The van der Waals surface area contributed by atoms with Crippen molar-refractivity contribution in [3.8, 4) is 11.4 Å². The summed E-state index contributed by atoms with van der Waals surface area (Å²) >= 11 is 1.47. The van der Waals surface area contributed by atoms with Gasteiger partial charge in [0, 0.05) is 18.2 Å². The van der Waals surface area contributed by atoms with Crippen molar-refractivity contribution < 1.29 is 4.79 Å². The molecule has 0 aliphatic heterocycles. The predicted octanol–water partition coefficient (Wildman–Crippen LogP) is 4.06. The zero-order valence-electron chi connectivity index (χ0n) is 15.9. The topological polar surface area (TPSA) is 59.8 Å². The number of aryl methyl sites for hydroxylation is 1. The van der Waals surface area contributed by atoms with E-state index in [0.717, 1.165) is 29.5 Å². The van der Waals surface area contributed by atoms with Crippen molar-refractivity contribution in [3.63, 3.8) is 0 Å². The molecule has 1 aliphatic rings. The molecule has 0 bridgehead atoms. The van der Waals surface area contributed by atoms with Gasteiger partial charge in [0.2, 0.25) is 5.91 Å². The van der Waals surface area contributed by atoms with Crippen LogP contribution in [0.5, 0.6) is 0 Å². The first-order chi connectivity index (χ1) is 12.6. The van der Waals surface area contributed by atoms with Crippen LogP contribution < -0.4 is 5.32 Å². The number of rotatable bonds is 6. The second-order valence-corrected chi connectivity index (χ2v) is 8.09. The van der Waals surface area contributed by atoms with E-state index >= 15 is 0 Å². The number of aromatic nitrogens is 3. The summed E-state index contributed by atoms with van der Waals surface area (Å²) in [5, 5.41) is 12.7. The molecule has 0 saturated heterocycles. The van der Waals surface area contributed by atoms with Gasteiger partial charge in [-0.25, -0.2) is 0 Å². The molecule has 0 radical (unpaired) electrons. The minimum atomic E-state index is 0.0940. The number of nitrogens with zero attached hydrogens (tertiary/aromatic N) is 3. The fourth-order valence-corrected chi connectivity index (χ4v) is 4.40. The highest BCUT2D eigenvalue weighted by molar-refractivity contribution is 7.99. The smallest absolute Gasteiger partial charge is 0.230 e. The summed E-state index contributed by atoms with van der Waals surface area (Å²) in [6.07, 6.45) is 4.80. The van der Waals surface area contributed by atoms with Gasteiger partial charge < -0.3 is 9.88 Å². The first-order valence-corrected chi connectivity index (χ1v) is 10.5. The lowest BCUT2D eigenvalue weighted by atomic mass is 9.86. The van der Waals surface area contributed by atoms with Crippen LogP contribution in [0.3, 0.4) is 0 Å². The normalized spacial score (nSPS) is 20.1. The van der Waals surface area contributed by atoms with Crippen molar-refractivity contribution in [3.05, 3.63) is 29.8 Å². The van der Waals surface area contributed by atoms with Crippen LogP contribution >= 0.6 is 11.8 Å². The van der Waals surface area contributed by atoms with Gasteiger partial charge in [0.1, 0.15) is 0 Å². The van der Waals surface area contributed by atoms with Gasteiger partial charge in [-0.15, -0.1) is 10.2 Å². The zero-order valence-corrected chi connectivity index (χ0v) is 16.7. The van der Waals surface area contributed by atoms with E-state index in [1.54, 1.807) is 0 Å². The van der Waals surface area contributed by atoms with Gasteiger partial charge in [0.15, 0.2) is 11.0 Å². The van der Waals surface area contributed by atoms with Crippen LogP contribution in [0.4, 0.5) is 0 Å². The summed E-state index contributed by atoms with van der Waals surface area (Å²) in [6.45, 7) is 7.16. The molecule has 3 rings (SSSR count). The van der Waals surface area contributed by atoms with Crippen molar-refractivity contribution in [2.45, 2.75) is 64.2 Å². The molecule has 5 nitrogen and oxygen atoms in total.